The number of nitrogens with two attached hydrogens (primary N) is 2. The maximum Gasteiger partial charge on any atom is 0.245 e. The number of primary amides is 1. The Morgan fingerprint density at radius 3 is 2.25 bits per heavy atom. The summed E-state index contributed by atoms with van der Waals surface area (Å²) in [5, 5.41) is 24.4. The van der Waals surface area contributed by atoms with Crippen molar-refractivity contribution >= 4 is 40.5 Å². The number of benzene rings is 2. The van der Waals surface area contributed by atoms with E-state index in [-0.39, 0.29) is 43.2 Å². The lowest BCUT2D eigenvalue weighted by atomic mass is 10.0. The number of fused-ring (bicyclic) bond motifs is 1. The van der Waals surface area contributed by atoms with E-state index >= 15 is 0 Å². The molecule has 2 aromatic heterocycles. The molecule has 0 radical (unpaired) electrons. The Hall–Kier alpha value is -5.77. The molecule has 0 aliphatic rings. The monoisotopic (exact) mass is 756 g/mol. The van der Waals surface area contributed by atoms with Crippen molar-refractivity contribution in [1.29, 1.82) is 0 Å². The van der Waals surface area contributed by atoms with Gasteiger partial charge < -0.3 is 43.0 Å². The summed E-state index contributed by atoms with van der Waals surface area (Å²) in [7, 11) is 1.56. The van der Waals surface area contributed by atoms with Crippen molar-refractivity contribution in [2.75, 3.05) is 13.6 Å². The molecule has 55 heavy (non-hydrogen) atoms. The van der Waals surface area contributed by atoms with Gasteiger partial charge in [-0.05, 0) is 48.8 Å². The average molecular weight is 757 g/mol. The first-order valence-electron chi connectivity index (χ1n) is 18.7. The van der Waals surface area contributed by atoms with E-state index < -0.39 is 41.9 Å². The molecule has 4 atom stereocenters. The van der Waals surface area contributed by atoms with Crippen LogP contribution in [-0.4, -0.2) is 87.3 Å². The van der Waals surface area contributed by atoms with Gasteiger partial charge in [-0.2, -0.15) is 0 Å². The number of aromatic nitrogens is 4. The maximum absolute atomic E-state index is 14.0. The number of carbonyl (C=O) groups is 4. The number of H-pyrrole nitrogens is 1. The van der Waals surface area contributed by atoms with Crippen LogP contribution in [0.2, 0.25) is 0 Å². The van der Waals surface area contributed by atoms with Crippen molar-refractivity contribution in [3.05, 3.63) is 83.8 Å². The zero-order valence-corrected chi connectivity index (χ0v) is 32.3. The van der Waals surface area contributed by atoms with Gasteiger partial charge in [-0.3, -0.25) is 24.2 Å². The molecule has 10 N–H and O–H groups in total. The molecule has 0 aliphatic heterocycles. The van der Waals surface area contributed by atoms with Crippen molar-refractivity contribution in [1.82, 2.24) is 46.6 Å². The Bertz CT molecular complexity index is 1890. The molecule has 296 valence electrons. The quantitative estimate of drug-likeness (QED) is 0.0349. The fourth-order valence-electron chi connectivity index (χ4n) is 6.26. The first-order chi connectivity index (χ1) is 26.3. The van der Waals surface area contributed by atoms with Gasteiger partial charge in [0.1, 0.15) is 23.8 Å². The number of aromatic amines is 1. The lowest BCUT2D eigenvalue weighted by Gasteiger charge is -2.25. The van der Waals surface area contributed by atoms with E-state index in [2.05, 4.69) is 46.9 Å². The molecule has 0 saturated heterocycles. The third kappa shape index (κ3) is 12.9. The van der Waals surface area contributed by atoms with Crippen molar-refractivity contribution in [3.63, 3.8) is 0 Å². The summed E-state index contributed by atoms with van der Waals surface area (Å²) in [6, 6.07) is 14.2. The first-order valence-corrected chi connectivity index (χ1v) is 18.7. The van der Waals surface area contributed by atoms with Crippen LogP contribution >= 0.6 is 0 Å². The van der Waals surface area contributed by atoms with E-state index in [1.54, 1.807) is 19.4 Å². The van der Waals surface area contributed by atoms with Gasteiger partial charge in [0.25, 0.3) is 0 Å². The fraction of sp³-hybridized carbons (Fsp3) is 0.462. The second-order valence-electron chi connectivity index (χ2n) is 14.4. The number of nitrogens with zero attached hydrogens (tertiary/aromatic N) is 4. The number of nitrogens with one attached hydrogen (secondary N) is 6. The van der Waals surface area contributed by atoms with Crippen LogP contribution in [0.1, 0.15) is 69.8 Å². The van der Waals surface area contributed by atoms with Crippen molar-refractivity contribution in [2.45, 2.75) is 96.6 Å². The summed E-state index contributed by atoms with van der Waals surface area (Å²) < 4.78 is 1.46. The van der Waals surface area contributed by atoms with Crippen LogP contribution in [0.3, 0.4) is 0 Å². The van der Waals surface area contributed by atoms with Crippen LogP contribution in [0, 0.1) is 5.92 Å². The number of rotatable bonds is 21. The molecule has 0 aliphatic carbocycles. The summed E-state index contributed by atoms with van der Waals surface area (Å²) in [4.78, 5) is 60.9. The summed E-state index contributed by atoms with van der Waals surface area (Å²) in [5.74, 6) is -1.57. The Morgan fingerprint density at radius 1 is 0.855 bits per heavy atom. The number of para-hydroxylation sites is 1. The van der Waals surface area contributed by atoms with Crippen LogP contribution in [-0.2, 0) is 38.6 Å². The third-order valence-electron chi connectivity index (χ3n) is 9.06. The number of aliphatic imine (C=N–C) groups is 1. The predicted molar refractivity (Wildman–Crippen MR) is 212 cm³/mol. The summed E-state index contributed by atoms with van der Waals surface area (Å²) in [6.45, 7) is 8.42. The van der Waals surface area contributed by atoms with E-state index in [1.165, 1.54) is 4.68 Å². The van der Waals surface area contributed by atoms with Crippen molar-refractivity contribution < 1.29 is 19.2 Å². The number of guanidine groups is 1. The van der Waals surface area contributed by atoms with Crippen LogP contribution in [0.5, 0.6) is 0 Å². The first kappa shape index (κ1) is 42.0. The summed E-state index contributed by atoms with van der Waals surface area (Å²) in [5.41, 5.74) is 14.8. The van der Waals surface area contributed by atoms with Crippen molar-refractivity contribution in [2.24, 2.45) is 22.4 Å². The lowest BCUT2D eigenvalue weighted by Crippen LogP contribution is -2.54. The molecular weight excluding hydrogens is 701 g/mol. The molecule has 0 unspecified atom stereocenters. The molecule has 4 aromatic rings. The van der Waals surface area contributed by atoms with Gasteiger partial charge >= 0.3 is 0 Å². The highest BCUT2D eigenvalue weighted by molar-refractivity contribution is 5.93. The molecule has 0 spiro atoms. The minimum atomic E-state index is -1.03. The molecule has 4 rings (SSSR count). The van der Waals surface area contributed by atoms with Crippen LogP contribution in [0.15, 0.2) is 72.0 Å². The van der Waals surface area contributed by atoms with Gasteiger partial charge in [-0.25, -0.2) is 4.68 Å². The van der Waals surface area contributed by atoms with Crippen LogP contribution in [0.4, 0.5) is 0 Å². The van der Waals surface area contributed by atoms with E-state index in [9.17, 15) is 19.2 Å². The maximum atomic E-state index is 14.0. The Labute approximate surface area is 322 Å². The molecule has 0 fully saturated rings. The van der Waals surface area contributed by atoms with Gasteiger partial charge in [-0.1, -0.05) is 81.4 Å². The zero-order chi connectivity index (χ0) is 39.9. The normalized spacial score (nSPS) is 14.0. The van der Waals surface area contributed by atoms with Crippen LogP contribution in [0.25, 0.3) is 10.9 Å². The molecule has 16 heteroatoms. The smallest absolute Gasteiger partial charge is 0.245 e. The number of carbonyl (C=O) groups excluding carboxylic acids is 4. The molecule has 2 heterocycles. The summed E-state index contributed by atoms with van der Waals surface area (Å²) in [6.07, 6.45) is 5.15. The molecule has 2 aromatic carbocycles. The number of amides is 4. The highest BCUT2D eigenvalue weighted by Gasteiger charge is 2.31. The lowest BCUT2D eigenvalue weighted by molar-refractivity contribution is -0.133. The predicted octanol–water partition coefficient (Wildman–Crippen LogP) is 1.58. The average Bonchev–Trinajstić information content (AvgIpc) is 3.80. The summed E-state index contributed by atoms with van der Waals surface area (Å²) >= 11 is 0. The topological polar surface area (TPSA) is 239 Å². The minimum absolute atomic E-state index is 0.0761. The number of hydrogen-bond donors (Lipinski definition) is 8. The second-order valence-corrected chi connectivity index (χ2v) is 14.4. The van der Waals surface area contributed by atoms with Crippen molar-refractivity contribution in [3.8, 4) is 0 Å². The Morgan fingerprint density at radius 2 is 1.56 bits per heavy atom. The van der Waals surface area contributed by atoms with Gasteiger partial charge in [-0.15, -0.1) is 5.10 Å². The SMILES string of the molecule is CN=C(N)NCCC[C@H](NC(=O)[C@H](CC(C)C)n1cc(CNC(=O)[C@H](Cc2ccccc2)NC(C)C)nn1)C(=O)N[C@@H](Cc1c[nH]c2ccccc12)C(N)=O. The van der Waals surface area contributed by atoms with E-state index in [0.29, 0.717) is 31.5 Å². The molecule has 0 bridgehead atoms. The number of hydrogen-bond acceptors (Lipinski definition) is 8. The zero-order valence-electron chi connectivity index (χ0n) is 32.3. The Kier molecular flexibility index (Phi) is 15.7. The molecular formula is C39H56N12O4. The van der Waals surface area contributed by atoms with Gasteiger partial charge in [0.15, 0.2) is 5.96 Å². The van der Waals surface area contributed by atoms with Gasteiger partial charge in [0.2, 0.25) is 23.6 Å². The fourth-order valence-corrected chi connectivity index (χ4v) is 6.26. The standard InChI is InChI=1S/C39H56N12O4/c1-24(2)18-34(51-23-28(49-50-51)22-45-36(53)33(46-25(3)4)19-26-12-7-6-8-13-26)38(55)47-31(16-11-17-43-39(41)42-5)37(54)48-32(35(40)52)20-27-21-44-30-15-10-9-14-29(27)30/h6-10,12-15,21,23-25,31-34,44,46H,11,16-20,22H2,1-5H3,(H2,40,52)(H,45,53)(H,47,55)(H,48,54)(H3,41,42,43)/t31-,32-,33-,34-/m0/s1. The van der Waals surface area contributed by atoms with Gasteiger partial charge in [0.05, 0.1) is 18.8 Å². The third-order valence-corrected chi connectivity index (χ3v) is 9.06. The highest BCUT2D eigenvalue weighted by Crippen LogP contribution is 2.20. The van der Waals surface area contributed by atoms with Gasteiger partial charge in [0, 0.05) is 43.2 Å². The largest absolute Gasteiger partial charge is 0.370 e. The van der Waals surface area contributed by atoms with Crippen LogP contribution < -0.4 is 38.1 Å². The van der Waals surface area contributed by atoms with E-state index in [4.69, 9.17) is 11.5 Å². The van der Waals surface area contributed by atoms with E-state index in [1.807, 2.05) is 82.3 Å². The minimum Gasteiger partial charge on any atom is -0.370 e. The Balaban J connectivity index is 1.47. The van der Waals surface area contributed by atoms with E-state index in [0.717, 1.165) is 22.0 Å². The molecule has 16 nitrogen and oxygen atoms in total. The molecule has 0 saturated carbocycles. The molecule has 4 amide bonds. The second kappa shape index (κ2) is 20.6. The highest BCUT2D eigenvalue weighted by atomic mass is 16.2.